The highest BCUT2D eigenvalue weighted by molar-refractivity contribution is 9.10. The van der Waals surface area contributed by atoms with Gasteiger partial charge < -0.3 is 9.84 Å². The number of Topliss-reactive ketones (excluding diaryl/α,β-unsaturated/α-hetero) is 1. The van der Waals surface area contributed by atoms with Crippen molar-refractivity contribution < 1.29 is 19.4 Å². The number of halogens is 1. The molecule has 98 valence electrons. The van der Waals surface area contributed by atoms with Gasteiger partial charge in [-0.1, -0.05) is 15.9 Å². The molecule has 0 aliphatic carbocycles. The largest absolute Gasteiger partial charge is 0.496 e. The normalized spacial score (nSPS) is 10.1. The maximum absolute atomic E-state index is 12.0. The van der Waals surface area contributed by atoms with Crippen LogP contribution in [0.1, 0.15) is 36.0 Å². The number of carboxylic acid groups (broad SMARTS) is 1. The summed E-state index contributed by atoms with van der Waals surface area (Å²) in [5, 5.41) is 8.50. The molecule has 1 aromatic rings. The lowest BCUT2D eigenvalue weighted by Gasteiger charge is -2.07. The second-order valence-electron chi connectivity index (χ2n) is 3.87. The predicted octanol–water partition coefficient (Wildman–Crippen LogP) is 3.29. The first-order valence-corrected chi connectivity index (χ1v) is 6.42. The summed E-state index contributed by atoms with van der Waals surface area (Å²) < 4.78 is 5.95. The van der Waals surface area contributed by atoms with E-state index in [1.807, 2.05) is 0 Å². The van der Waals surface area contributed by atoms with Gasteiger partial charge in [0.05, 0.1) is 12.7 Å². The van der Waals surface area contributed by atoms with Gasteiger partial charge in [-0.2, -0.15) is 0 Å². The van der Waals surface area contributed by atoms with Crippen LogP contribution in [0.3, 0.4) is 0 Å². The Kier molecular flexibility index (Phi) is 5.85. The van der Waals surface area contributed by atoms with E-state index in [4.69, 9.17) is 9.84 Å². The van der Waals surface area contributed by atoms with Gasteiger partial charge in [-0.05, 0) is 31.0 Å². The third-order valence-electron chi connectivity index (χ3n) is 2.51. The minimum Gasteiger partial charge on any atom is -0.496 e. The molecule has 0 aliphatic rings. The molecule has 0 heterocycles. The number of rotatable bonds is 7. The van der Waals surface area contributed by atoms with Crippen molar-refractivity contribution in [1.29, 1.82) is 0 Å². The SMILES string of the molecule is COc1ccc(Br)cc1C(=O)CCCCC(=O)O. The monoisotopic (exact) mass is 314 g/mol. The number of aliphatic carboxylic acids is 1. The molecule has 1 aromatic carbocycles. The first-order chi connectivity index (χ1) is 8.54. The predicted molar refractivity (Wildman–Crippen MR) is 71.1 cm³/mol. The molecular formula is C13H15BrO4. The number of unbranched alkanes of at least 4 members (excludes halogenated alkanes) is 1. The fourth-order valence-electron chi connectivity index (χ4n) is 1.59. The van der Waals surface area contributed by atoms with E-state index in [1.54, 1.807) is 18.2 Å². The van der Waals surface area contributed by atoms with Crippen LogP contribution in [0.4, 0.5) is 0 Å². The van der Waals surface area contributed by atoms with Gasteiger partial charge in [0, 0.05) is 17.3 Å². The van der Waals surface area contributed by atoms with Gasteiger partial charge in [0.1, 0.15) is 5.75 Å². The lowest BCUT2D eigenvalue weighted by atomic mass is 10.0. The fraction of sp³-hybridized carbons (Fsp3) is 0.385. The van der Waals surface area contributed by atoms with Crippen molar-refractivity contribution in [3.05, 3.63) is 28.2 Å². The zero-order chi connectivity index (χ0) is 13.5. The second-order valence-corrected chi connectivity index (χ2v) is 4.78. The summed E-state index contributed by atoms with van der Waals surface area (Å²) in [5.41, 5.74) is 0.530. The Labute approximate surface area is 114 Å². The molecule has 5 heteroatoms. The summed E-state index contributed by atoms with van der Waals surface area (Å²) in [6.07, 6.45) is 1.52. The van der Waals surface area contributed by atoms with Crippen molar-refractivity contribution in [2.45, 2.75) is 25.7 Å². The molecule has 0 fully saturated rings. The molecule has 1 rings (SSSR count). The number of carbonyl (C=O) groups excluding carboxylic acids is 1. The first-order valence-electron chi connectivity index (χ1n) is 5.63. The third kappa shape index (κ3) is 4.49. The zero-order valence-electron chi connectivity index (χ0n) is 10.1. The molecule has 0 aliphatic heterocycles. The van der Waals surface area contributed by atoms with Crippen molar-refractivity contribution in [2.24, 2.45) is 0 Å². The van der Waals surface area contributed by atoms with E-state index in [9.17, 15) is 9.59 Å². The number of benzene rings is 1. The van der Waals surface area contributed by atoms with Crippen LogP contribution >= 0.6 is 15.9 Å². The minimum atomic E-state index is -0.831. The number of hydrogen-bond acceptors (Lipinski definition) is 3. The molecule has 0 atom stereocenters. The molecule has 0 bridgehead atoms. The van der Waals surface area contributed by atoms with Crippen molar-refractivity contribution in [2.75, 3.05) is 7.11 Å². The number of hydrogen-bond donors (Lipinski definition) is 1. The van der Waals surface area contributed by atoms with Crippen LogP contribution < -0.4 is 4.74 Å². The van der Waals surface area contributed by atoms with Gasteiger partial charge in [-0.15, -0.1) is 0 Å². The Morgan fingerprint density at radius 1 is 1.28 bits per heavy atom. The van der Waals surface area contributed by atoms with Crippen molar-refractivity contribution in [3.8, 4) is 5.75 Å². The number of methoxy groups -OCH3 is 1. The van der Waals surface area contributed by atoms with Crippen LogP contribution in [0.25, 0.3) is 0 Å². The van der Waals surface area contributed by atoms with Crippen LogP contribution in [0.5, 0.6) is 5.75 Å². The molecule has 0 radical (unpaired) electrons. The second kappa shape index (κ2) is 7.16. The van der Waals surface area contributed by atoms with Gasteiger partial charge in [-0.3, -0.25) is 9.59 Å². The van der Waals surface area contributed by atoms with Crippen LogP contribution in [-0.2, 0) is 4.79 Å². The highest BCUT2D eigenvalue weighted by atomic mass is 79.9. The fourth-order valence-corrected chi connectivity index (χ4v) is 1.96. The van der Waals surface area contributed by atoms with Crippen LogP contribution in [-0.4, -0.2) is 24.0 Å². The number of carbonyl (C=O) groups is 2. The molecule has 0 aromatic heterocycles. The summed E-state index contributed by atoms with van der Waals surface area (Å²) in [6.45, 7) is 0. The molecular weight excluding hydrogens is 300 g/mol. The quantitative estimate of drug-likeness (QED) is 0.619. The maximum atomic E-state index is 12.0. The minimum absolute atomic E-state index is 0.0291. The summed E-state index contributed by atoms with van der Waals surface area (Å²) in [6, 6.07) is 5.26. The molecule has 0 unspecified atom stereocenters. The van der Waals surface area contributed by atoms with E-state index >= 15 is 0 Å². The van der Waals surface area contributed by atoms with Crippen molar-refractivity contribution in [3.63, 3.8) is 0 Å². The standard InChI is InChI=1S/C13H15BrO4/c1-18-12-7-6-9(14)8-10(12)11(15)4-2-3-5-13(16)17/h6-8H,2-5H2,1H3,(H,16,17). The van der Waals surface area contributed by atoms with Crippen LogP contribution in [0.2, 0.25) is 0 Å². The molecule has 0 spiro atoms. The first kappa shape index (κ1) is 14.7. The average molecular weight is 315 g/mol. The Bertz CT molecular complexity index is 443. The molecule has 0 amide bonds. The smallest absolute Gasteiger partial charge is 0.303 e. The lowest BCUT2D eigenvalue weighted by Crippen LogP contribution is -2.03. The Balaban J connectivity index is 2.60. The average Bonchev–Trinajstić information content (AvgIpc) is 2.34. The van der Waals surface area contributed by atoms with E-state index < -0.39 is 5.97 Å². The van der Waals surface area contributed by atoms with Gasteiger partial charge in [-0.25, -0.2) is 0 Å². The Hall–Kier alpha value is -1.36. The Morgan fingerprint density at radius 2 is 1.94 bits per heavy atom. The van der Waals surface area contributed by atoms with Crippen LogP contribution in [0.15, 0.2) is 22.7 Å². The maximum Gasteiger partial charge on any atom is 0.303 e. The summed E-state index contributed by atoms with van der Waals surface area (Å²) >= 11 is 3.31. The van der Waals surface area contributed by atoms with Crippen LogP contribution in [0, 0.1) is 0 Å². The lowest BCUT2D eigenvalue weighted by molar-refractivity contribution is -0.137. The van der Waals surface area contributed by atoms with E-state index in [2.05, 4.69) is 15.9 Å². The molecule has 0 saturated heterocycles. The zero-order valence-corrected chi connectivity index (χ0v) is 11.7. The number of ether oxygens (including phenoxy) is 1. The molecule has 4 nitrogen and oxygen atoms in total. The number of carboxylic acids is 1. The molecule has 0 saturated carbocycles. The van der Waals surface area contributed by atoms with Gasteiger partial charge in [0.25, 0.3) is 0 Å². The van der Waals surface area contributed by atoms with Crippen molar-refractivity contribution >= 4 is 27.7 Å². The van der Waals surface area contributed by atoms with E-state index in [1.165, 1.54) is 7.11 Å². The third-order valence-corrected chi connectivity index (χ3v) is 3.00. The van der Waals surface area contributed by atoms with E-state index in [0.29, 0.717) is 30.6 Å². The van der Waals surface area contributed by atoms with Crippen molar-refractivity contribution in [1.82, 2.24) is 0 Å². The highest BCUT2D eigenvalue weighted by Crippen LogP contribution is 2.24. The van der Waals surface area contributed by atoms with Gasteiger partial charge in [0.15, 0.2) is 5.78 Å². The molecule has 18 heavy (non-hydrogen) atoms. The van der Waals surface area contributed by atoms with E-state index in [-0.39, 0.29) is 12.2 Å². The van der Waals surface area contributed by atoms with E-state index in [0.717, 1.165) is 4.47 Å². The Morgan fingerprint density at radius 3 is 2.56 bits per heavy atom. The highest BCUT2D eigenvalue weighted by Gasteiger charge is 2.12. The topological polar surface area (TPSA) is 63.6 Å². The number of ketones is 1. The van der Waals surface area contributed by atoms with Gasteiger partial charge >= 0.3 is 5.97 Å². The summed E-state index contributed by atoms with van der Waals surface area (Å²) in [7, 11) is 1.52. The van der Waals surface area contributed by atoms with Gasteiger partial charge in [0.2, 0.25) is 0 Å². The summed E-state index contributed by atoms with van der Waals surface area (Å²) in [5.74, 6) is -0.317. The molecule has 1 N–H and O–H groups in total. The summed E-state index contributed by atoms with van der Waals surface area (Å²) in [4.78, 5) is 22.3.